The number of rotatable bonds is 2. The van der Waals surface area contributed by atoms with Gasteiger partial charge in [-0.05, 0) is 19.9 Å². The summed E-state index contributed by atoms with van der Waals surface area (Å²) in [5.41, 5.74) is -0.264. The molecule has 0 spiro atoms. The molecular formula is C10H13ClO2. The largest absolute Gasteiger partial charge is 0.495 e. The van der Waals surface area contributed by atoms with E-state index in [0.717, 1.165) is 0 Å². The van der Waals surface area contributed by atoms with Crippen molar-refractivity contribution in [3.63, 3.8) is 0 Å². The Hall–Kier alpha value is -0.730. The van der Waals surface area contributed by atoms with Crippen molar-refractivity contribution in [3.8, 4) is 5.75 Å². The fourth-order valence-electron chi connectivity index (χ4n) is 1.14. The van der Waals surface area contributed by atoms with Crippen molar-refractivity contribution < 1.29 is 9.84 Å². The van der Waals surface area contributed by atoms with E-state index in [1.165, 1.54) is 0 Å². The molecule has 0 heterocycles. The zero-order valence-corrected chi connectivity index (χ0v) is 8.72. The fraction of sp³-hybridized carbons (Fsp3) is 0.400. The second-order valence-electron chi connectivity index (χ2n) is 3.38. The maximum atomic E-state index is 9.75. The SMILES string of the molecule is COc1cccc(C(C)(C)O)c1Cl. The Morgan fingerprint density at radius 1 is 1.38 bits per heavy atom. The molecule has 0 bridgehead atoms. The first-order valence-corrected chi connectivity index (χ1v) is 4.40. The Kier molecular flexibility index (Phi) is 2.84. The number of aliphatic hydroxyl groups is 1. The van der Waals surface area contributed by atoms with Gasteiger partial charge in [0.15, 0.2) is 0 Å². The maximum absolute atomic E-state index is 9.75. The van der Waals surface area contributed by atoms with Crippen LogP contribution < -0.4 is 4.74 Å². The second-order valence-corrected chi connectivity index (χ2v) is 3.76. The highest BCUT2D eigenvalue weighted by Crippen LogP contribution is 2.34. The molecule has 72 valence electrons. The molecule has 2 nitrogen and oxygen atoms in total. The van der Waals surface area contributed by atoms with Crippen molar-refractivity contribution in [1.29, 1.82) is 0 Å². The van der Waals surface area contributed by atoms with Crippen molar-refractivity contribution in [2.24, 2.45) is 0 Å². The number of halogens is 1. The zero-order valence-electron chi connectivity index (χ0n) is 7.97. The van der Waals surface area contributed by atoms with Gasteiger partial charge < -0.3 is 9.84 Å². The van der Waals surface area contributed by atoms with Crippen LogP contribution in [0.25, 0.3) is 0 Å². The van der Waals surface area contributed by atoms with Crippen LogP contribution in [0.1, 0.15) is 19.4 Å². The molecule has 1 aromatic rings. The van der Waals surface area contributed by atoms with E-state index < -0.39 is 5.60 Å². The highest BCUT2D eigenvalue weighted by molar-refractivity contribution is 6.32. The first-order chi connectivity index (χ1) is 5.96. The lowest BCUT2D eigenvalue weighted by molar-refractivity contribution is 0.0784. The third-order valence-electron chi connectivity index (χ3n) is 1.84. The minimum absolute atomic E-state index is 0.470. The molecule has 0 fully saturated rings. The fourth-order valence-corrected chi connectivity index (χ4v) is 1.58. The smallest absolute Gasteiger partial charge is 0.137 e. The van der Waals surface area contributed by atoms with Gasteiger partial charge in [-0.25, -0.2) is 0 Å². The Labute approximate surface area is 83.1 Å². The molecule has 3 heteroatoms. The van der Waals surface area contributed by atoms with Crippen molar-refractivity contribution >= 4 is 11.6 Å². The van der Waals surface area contributed by atoms with Gasteiger partial charge in [-0.1, -0.05) is 23.7 Å². The molecule has 0 amide bonds. The summed E-state index contributed by atoms with van der Waals surface area (Å²) in [5.74, 6) is 0.585. The molecule has 1 aromatic carbocycles. The molecule has 13 heavy (non-hydrogen) atoms. The lowest BCUT2D eigenvalue weighted by Crippen LogP contribution is -2.16. The molecule has 0 atom stereocenters. The summed E-state index contributed by atoms with van der Waals surface area (Å²) in [6, 6.07) is 5.35. The van der Waals surface area contributed by atoms with E-state index in [2.05, 4.69) is 0 Å². The Bertz CT molecular complexity index is 302. The van der Waals surface area contributed by atoms with Crippen LogP contribution in [-0.2, 0) is 5.60 Å². The van der Waals surface area contributed by atoms with Crippen molar-refractivity contribution in [1.82, 2.24) is 0 Å². The monoisotopic (exact) mass is 200 g/mol. The first kappa shape index (κ1) is 10.4. The zero-order chi connectivity index (χ0) is 10.1. The van der Waals surface area contributed by atoms with Crippen molar-refractivity contribution in [2.45, 2.75) is 19.4 Å². The van der Waals surface area contributed by atoms with Crippen LogP contribution in [0.2, 0.25) is 5.02 Å². The summed E-state index contributed by atoms with van der Waals surface area (Å²) in [6.07, 6.45) is 0. The van der Waals surface area contributed by atoms with Gasteiger partial charge in [-0.3, -0.25) is 0 Å². The van der Waals surface area contributed by atoms with Gasteiger partial charge >= 0.3 is 0 Å². The second kappa shape index (κ2) is 3.56. The maximum Gasteiger partial charge on any atom is 0.137 e. The molecule has 0 aliphatic heterocycles. The molecule has 1 N–H and O–H groups in total. The molecule has 0 unspecified atom stereocenters. The Morgan fingerprint density at radius 3 is 2.46 bits per heavy atom. The summed E-state index contributed by atoms with van der Waals surface area (Å²) in [5, 5.41) is 10.2. The van der Waals surface area contributed by atoms with Crippen LogP contribution in [0.5, 0.6) is 5.75 Å². The predicted octanol–water partition coefficient (Wildman–Crippen LogP) is 2.58. The number of methoxy groups -OCH3 is 1. The molecule has 0 saturated heterocycles. The van der Waals surface area contributed by atoms with Crippen LogP contribution in [0, 0.1) is 0 Å². The highest BCUT2D eigenvalue weighted by atomic mass is 35.5. The van der Waals surface area contributed by atoms with Crippen LogP contribution >= 0.6 is 11.6 Å². The lowest BCUT2D eigenvalue weighted by atomic mass is 9.98. The van der Waals surface area contributed by atoms with Crippen LogP contribution in [0.15, 0.2) is 18.2 Å². The van der Waals surface area contributed by atoms with Gasteiger partial charge in [-0.2, -0.15) is 0 Å². The number of hydrogen-bond donors (Lipinski definition) is 1. The third kappa shape index (κ3) is 2.14. The minimum Gasteiger partial charge on any atom is -0.495 e. The number of benzene rings is 1. The van der Waals surface area contributed by atoms with E-state index in [1.54, 1.807) is 39.2 Å². The van der Waals surface area contributed by atoms with E-state index >= 15 is 0 Å². The standard InChI is InChI=1S/C10H13ClO2/c1-10(2,12)7-5-4-6-8(13-3)9(7)11/h4-6,12H,1-3H3. The third-order valence-corrected chi connectivity index (χ3v) is 2.23. The summed E-state index contributed by atoms with van der Waals surface area (Å²) < 4.78 is 5.04. The summed E-state index contributed by atoms with van der Waals surface area (Å²) in [7, 11) is 1.55. The average Bonchev–Trinajstić information content (AvgIpc) is 2.02. The molecule has 1 rings (SSSR count). The molecular weight excluding hydrogens is 188 g/mol. The quantitative estimate of drug-likeness (QED) is 0.795. The van der Waals surface area contributed by atoms with Crippen LogP contribution in [0.4, 0.5) is 0 Å². The van der Waals surface area contributed by atoms with E-state index in [9.17, 15) is 5.11 Å². The number of hydrogen-bond acceptors (Lipinski definition) is 2. The van der Waals surface area contributed by atoms with Gasteiger partial charge in [0.2, 0.25) is 0 Å². The highest BCUT2D eigenvalue weighted by Gasteiger charge is 2.20. The summed E-state index contributed by atoms with van der Waals surface area (Å²) >= 11 is 6.01. The molecule has 0 aliphatic rings. The predicted molar refractivity (Wildman–Crippen MR) is 53.2 cm³/mol. The van der Waals surface area contributed by atoms with Gasteiger partial charge in [0.05, 0.1) is 17.7 Å². The van der Waals surface area contributed by atoms with Gasteiger partial charge in [-0.15, -0.1) is 0 Å². The lowest BCUT2D eigenvalue weighted by Gasteiger charge is -2.20. The first-order valence-electron chi connectivity index (χ1n) is 4.02. The van der Waals surface area contributed by atoms with E-state index in [4.69, 9.17) is 16.3 Å². The normalized spacial score (nSPS) is 11.5. The van der Waals surface area contributed by atoms with Crippen LogP contribution in [0.3, 0.4) is 0 Å². The Balaban J connectivity index is 3.24. The average molecular weight is 201 g/mol. The summed E-state index contributed by atoms with van der Waals surface area (Å²) in [6.45, 7) is 3.38. The minimum atomic E-state index is -0.939. The summed E-state index contributed by atoms with van der Waals surface area (Å²) in [4.78, 5) is 0. The molecule has 0 aliphatic carbocycles. The van der Waals surface area contributed by atoms with E-state index in [1.807, 2.05) is 0 Å². The van der Waals surface area contributed by atoms with E-state index in [-0.39, 0.29) is 0 Å². The molecule has 0 aromatic heterocycles. The van der Waals surface area contributed by atoms with Crippen molar-refractivity contribution in [2.75, 3.05) is 7.11 Å². The van der Waals surface area contributed by atoms with Gasteiger partial charge in [0.1, 0.15) is 5.75 Å². The van der Waals surface area contributed by atoms with Crippen LogP contribution in [-0.4, -0.2) is 12.2 Å². The Morgan fingerprint density at radius 2 is 2.00 bits per heavy atom. The molecule has 0 saturated carbocycles. The molecule has 0 radical (unpaired) electrons. The van der Waals surface area contributed by atoms with E-state index in [0.29, 0.717) is 16.3 Å². The topological polar surface area (TPSA) is 29.5 Å². The van der Waals surface area contributed by atoms with Gasteiger partial charge in [0.25, 0.3) is 0 Å². The number of ether oxygens (including phenoxy) is 1. The van der Waals surface area contributed by atoms with Gasteiger partial charge in [0, 0.05) is 5.56 Å². The van der Waals surface area contributed by atoms with Crippen molar-refractivity contribution in [3.05, 3.63) is 28.8 Å².